The average Bonchev–Trinajstić information content (AvgIpc) is 2.10. The SMILES string of the molecule is CC(C)C(=O)OCCOCCN=O. The minimum absolute atomic E-state index is 0.114. The van der Waals surface area contributed by atoms with Gasteiger partial charge in [0.1, 0.15) is 13.2 Å². The molecule has 0 N–H and O–H groups in total. The summed E-state index contributed by atoms with van der Waals surface area (Å²) in [5, 5.41) is 2.61. The molecule has 76 valence electrons. The lowest BCUT2D eigenvalue weighted by Gasteiger charge is -2.06. The zero-order valence-electron chi connectivity index (χ0n) is 7.99. The first-order valence-electron chi connectivity index (χ1n) is 4.22. The van der Waals surface area contributed by atoms with E-state index in [1.54, 1.807) is 13.8 Å². The molecule has 0 amide bonds. The Kier molecular flexibility index (Phi) is 7.10. The first-order chi connectivity index (χ1) is 6.18. The Morgan fingerprint density at radius 3 is 2.54 bits per heavy atom. The third kappa shape index (κ3) is 7.39. The molecule has 0 saturated heterocycles. The molecular weight excluding hydrogens is 174 g/mol. The second-order valence-electron chi connectivity index (χ2n) is 2.79. The predicted molar refractivity (Wildman–Crippen MR) is 47.3 cm³/mol. The van der Waals surface area contributed by atoms with Gasteiger partial charge in [0.2, 0.25) is 0 Å². The molecule has 0 bridgehead atoms. The highest BCUT2D eigenvalue weighted by Gasteiger charge is 2.06. The Labute approximate surface area is 77.4 Å². The molecule has 0 aliphatic carbocycles. The molecule has 0 aromatic heterocycles. The maximum absolute atomic E-state index is 10.9. The maximum Gasteiger partial charge on any atom is 0.308 e. The minimum Gasteiger partial charge on any atom is -0.463 e. The van der Waals surface area contributed by atoms with Crippen LogP contribution in [0.1, 0.15) is 13.8 Å². The molecule has 0 spiro atoms. The highest BCUT2D eigenvalue weighted by Crippen LogP contribution is 1.94. The van der Waals surface area contributed by atoms with E-state index in [0.717, 1.165) is 0 Å². The van der Waals surface area contributed by atoms with Crippen molar-refractivity contribution >= 4 is 5.97 Å². The zero-order chi connectivity index (χ0) is 10.1. The lowest BCUT2D eigenvalue weighted by molar-refractivity contribution is -0.148. The molecule has 0 aliphatic rings. The Morgan fingerprint density at radius 2 is 2.00 bits per heavy atom. The number of hydrogen-bond acceptors (Lipinski definition) is 5. The van der Waals surface area contributed by atoms with Crippen molar-refractivity contribution in [3.63, 3.8) is 0 Å². The fraction of sp³-hybridized carbons (Fsp3) is 0.875. The van der Waals surface area contributed by atoms with Crippen molar-refractivity contribution < 1.29 is 14.3 Å². The predicted octanol–water partition coefficient (Wildman–Crippen LogP) is 0.969. The van der Waals surface area contributed by atoms with Gasteiger partial charge in [-0.05, 0) is 0 Å². The molecule has 13 heavy (non-hydrogen) atoms. The van der Waals surface area contributed by atoms with E-state index < -0.39 is 0 Å². The summed E-state index contributed by atoms with van der Waals surface area (Å²) in [5.41, 5.74) is 0. The normalized spacial score (nSPS) is 10.1. The zero-order valence-corrected chi connectivity index (χ0v) is 7.99. The van der Waals surface area contributed by atoms with Gasteiger partial charge < -0.3 is 9.47 Å². The number of hydrogen-bond donors (Lipinski definition) is 0. The van der Waals surface area contributed by atoms with E-state index in [1.165, 1.54) is 0 Å². The number of nitrogens with zero attached hydrogens (tertiary/aromatic N) is 1. The van der Waals surface area contributed by atoms with Crippen LogP contribution in [0.25, 0.3) is 0 Å². The lowest BCUT2D eigenvalue weighted by atomic mass is 10.2. The van der Waals surface area contributed by atoms with Crippen LogP contribution in [0.5, 0.6) is 0 Å². The van der Waals surface area contributed by atoms with Crippen LogP contribution in [0.3, 0.4) is 0 Å². The van der Waals surface area contributed by atoms with E-state index in [9.17, 15) is 9.70 Å². The van der Waals surface area contributed by atoms with Crippen molar-refractivity contribution in [3.05, 3.63) is 4.91 Å². The van der Waals surface area contributed by atoms with Crippen LogP contribution in [0.4, 0.5) is 0 Å². The molecule has 0 atom stereocenters. The quantitative estimate of drug-likeness (QED) is 0.340. The second-order valence-corrected chi connectivity index (χ2v) is 2.79. The van der Waals surface area contributed by atoms with E-state index in [2.05, 4.69) is 5.18 Å². The molecule has 0 aromatic rings. The summed E-state index contributed by atoms with van der Waals surface area (Å²) in [4.78, 5) is 20.5. The Hall–Kier alpha value is -0.970. The van der Waals surface area contributed by atoms with Gasteiger partial charge in [-0.25, -0.2) is 0 Å². The van der Waals surface area contributed by atoms with E-state index in [1.807, 2.05) is 0 Å². The van der Waals surface area contributed by atoms with Gasteiger partial charge >= 0.3 is 5.97 Å². The first-order valence-corrected chi connectivity index (χ1v) is 4.22. The Morgan fingerprint density at radius 1 is 1.31 bits per heavy atom. The molecule has 0 unspecified atom stereocenters. The van der Waals surface area contributed by atoms with Crippen LogP contribution in [0.2, 0.25) is 0 Å². The highest BCUT2D eigenvalue weighted by atomic mass is 16.6. The summed E-state index contributed by atoms with van der Waals surface area (Å²) < 4.78 is 9.74. The number of rotatable bonds is 7. The molecule has 0 fully saturated rings. The van der Waals surface area contributed by atoms with Crippen LogP contribution >= 0.6 is 0 Å². The van der Waals surface area contributed by atoms with Crippen LogP contribution in [-0.2, 0) is 14.3 Å². The van der Waals surface area contributed by atoms with Crippen molar-refractivity contribution in [2.45, 2.75) is 13.8 Å². The van der Waals surface area contributed by atoms with Gasteiger partial charge in [-0.2, -0.15) is 4.91 Å². The monoisotopic (exact) mass is 189 g/mol. The fourth-order valence-electron chi connectivity index (χ4n) is 0.572. The van der Waals surface area contributed by atoms with Gasteiger partial charge in [-0.15, -0.1) is 0 Å². The summed E-state index contributed by atoms with van der Waals surface area (Å²) in [6, 6.07) is 0. The Bertz CT molecular complexity index is 158. The molecule has 0 saturated carbocycles. The topological polar surface area (TPSA) is 65.0 Å². The van der Waals surface area contributed by atoms with Crippen LogP contribution < -0.4 is 0 Å². The average molecular weight is 189 g/mol. The molecule has 0 radical (unpaired) electrons. The molecular formula is C8H15NO4. The standard InChI is InChI=1S/C8H15NO4/c1-7(2)8(10)13-6-5-12-4-3-9-11/h7H,3-6H2,1-2H3. The molecule has 5 heteroatoms. The summed E-state index contributed by atoms with van der Waals surface area (Å²) in [6.07, 6.45) is 0. The lowest BCUT2D eigenvalue weighted by Crippen LogP contribution is -2.15. The third-order valence-electron chi connectivity index (χ3n) is 1.27. The summed E-state index contributed by atoms with van der Waals surface area (Å²) in [5.74, 6) is -0.353. The van der Waals surface area contributed by atoms with Crippen LogP contribution in [0.15, 0.2) is 5.18 Å². The van der Waals surface area contributed by atoms with Crippen LogP contribution in [-0.4, -0.2) is 32.3 Å². The van der Waals surface area contributed by atoms with Crippen molar-refractivity contribution in [1.29, 1.82) is 0 Å². The minimum atomic E-state index is -0.239. The number of nitroso groups, excluding NO2 is 1. The van der Waals surface area contributed by atoms with Crippen LogP contribution in [0, 0.1) is 10.8 Å². The Balaban J connectivity index is 3.16. The van der Waals surface area contributed by atoms with Crippen molar-refractivity contribution in [3.8, 4) is 0 Å². The second kappa shape index (κ2) is 7.67. The number of ether oxygens (including phenoxy) is 2. The van der Waals surface area contributed by atoms with Gasteiger partial charge in [0.05, 0.1) is 19.1 Å². The molecule has 0 rings (SSSR count). The summed E-state index contributed by atoms with van der Waals surface area (Å²) in [7, 11) is 0. The first kappa shape index (κ1) is 12.0. The third-order valence-corrected chi connectivity index (χ3v) is 1.27. The summed E-state index contributed by atoms with van der Waals surface area (Å²) in [6.45, 7) is 4.49. The number of esters is 1. The number of carbonyl (C=O) groups excluding carboxylic acids is 1. The fourth-order valence-corrected chi connectivity index (χ4v) is 0.572. The highest BCUT2D eigenvalue weighted by molar-refractivity contribution is 5.71. The number of carbonyl (C=O) groups is 1. The van der Waals surface area contributed by atoms with Crippen molar-refractivity contribution in [2.24, 2.45) is 11.1 Å². The van der Waals surface area contributed by atoms with E-state index >= 15 is 0 Å². The maximum atomic E-state index is 10.9. The van der Waals surface area contributed by atoms with Gasteiger partial charge in [-0.1, -0.05) is 19.0 Å². The van der Waals surface area contributed by atoms with Crippen molar-refractivity contribution in [2.75, 3.05) is 26.4 Å². The van der Waals surface area contributed by atoms with E-state index in [-0.39, 0.29) is 31.6 Å². The van der Waals surface area contributed by atoms with Gasteiger partial charge in [0, 0.05) is 0 Å². The van der Waals surface area contributed by atoms with Crippen molar-refractivity contribution in [1.82, 2.24) is 0 Å². The van der Waals surface area contributed by atoms with Gasteiger partial charge in [0.15, 0.2) is 0 Å². The van der Waals surface area contributed by atoms with E-state index in [4.69, 9.17) is 9.47 Å². The largest absolute Gasteiger partial charge is 0.463 e. The molecule has 0 aliphatic heterocycles. The molecule has 5 nitrogen and oxygen atoms in total. The van der Waals surface area contributed by atoms with Gasteiger partial charge in [0.25, 0.3) is 0 Å². The smallest absolute Gasteiger partial charge is 0.308 e. The molecule has 0 heterocycles. The summed E-state index contributed by atoms with van der Waals surface area (Å²) >= 11 is 0. The van der Waals surface area contributed by atoms with E-state index in [0.29, 0.717) is 6.61 Å². The molecule has 0 aromatic carbocycles. The van der Waals surface area contributed by atoms with Gasteiger partial charge in [-0.3, -0.25) is 4.79 Å².